The molecule has 2 N–H and O–H groups in total. The fourth-order valence-corrected chi connectivity index (χ4v) is 1.73. The third-order valence-corrected chi connectivity index (χ3v) is 2.52. The summed E-state index contributed by atoms with van der Waals surface area (Å²) in [5, 5.41) is 13.5. The highest BCUT2D eigenvalue weighted by Gasteiger charge is 2.22. The number of aromatic nitrogens is 2. The lowest BCUT2D eigenvalue weighted by Gasteiger charge is -2.02. The minimum atomic E-state index is -0.0860. The number of hydrogen-bond acceptors (Lipinski definition) is 5. The summed E-state index contributed by atoms with van der Waals surface area (Å²) in [6, 6.07) is 0.339. The van der Waals surface area contributed by atoms with Gasteiger partial charge in [-0.15, -0.1) is 5.10 Å². The van der Waals surface area contributed by atoms with Crippen LogP contribution in [0.25, 0.3) is 0 Å². The van der Waals surface area contributed by atoms with E-state index in [0.717, 1.165) is 25.8 Å². The molecule has 1 saturated heterocycles. The zero-order chi connectivity index (χ0) is 11.4. The molecule has 0 aromatic carbocycles. The summed E-state index contributed by atoms with van der Waals surface area (Å²) in [4.78, 5) is 11.3. The van der Waals surface area contributed by atoms with Gasteiger partial charge >= 0.3 is 6.01 Å². The van der Waals surface area contributed by atoms with Crippen LogP contribution in [0, 0.1) is 0 Å². The van der Waals surface area contributed by atoms with E-state index >= 15 is 0 Å². The highest BCUT2D eigenvalue weighted by molar-refractivity contribution is 5.88. The van der Waals surface area contributed by atoms with Crippen molar-refractivity contribution in [3.05, 3.63) is 5.89 Å². The lowest BCUT2D eigenvalue weighted by molar-refractivity contribution is -0.116. The van der Waals surface area contributed by atoms with Gasteiger partial charge < -0.3 is 9.73 Å². The van der Waals surface area contributed by atoms with Crippen LogP contribution in [0.4, 0.5) is 6.01 Å². The number of nitrogens with zero attached hydrogens (tertiary/aromatic N) is 2. The Morgan fingerprint density at radius 3 is 3.19 bits per heavy atom. The molecule has 1 aromatic rings. The third kappa shape index (κ3) is 2.57. The van der Waals surface area contributed by atoms with Gasteiger partial charge in [-0.3, -0.25) is 10.1 Å². The monoisotopic (exact) mass is 224 g/mol. The normalized spacial score (nSPS) is 19.9. The second-order valence-electron chi connectivity index (χ2n) is 3.89. The largest absolute Gasteiger partial charge is 0.406 e. The van der Waals surface area contributed by atoms with Gasteiger partial charge in [0.25, 0.3) is 0 Å². The number of carbonyl (C=O) groups excluding carboxylic acids is 1. The highest BCUT2D eigenvalue weighted by atomic mass is 16.4. The van der Waals surface area contributed by atoms with E-state index in [9.17, 15) is 4.79 Å². The molecule has 0 saturated carbocycles. The van der Waals surface area contributed by atoms with Gasteiger partial charge in [0, 0.05) is 6.42 Å². The van der Waals surface area contributed by atoms with Crippen molar-refractivity contribution in [2.45, 2.75) is 38.6 Å². The lowest BCUT2D eigenvalue weighted by Crippen LogP contribution is -2.13. The van der Waals surface area contributed by atoms with Crippen LogP contribution in [0.5, 0.6) is 0 Å². The Labute approximate surface area is 93.8 Å². The average molecular weight is 224 g/mol. The molecule has 1 aliphatic heterocycles. The SMILES string of the molecule is CCCC(=O)Nc1nnc(C2CCCN2)o1. The third-order valence-electron chi connectivity index (χ3n) is 2.52. The van der Waals surface area contributed by atoms with Crippen molar-refractivity contribution in [3.63, 3.8) is 0 Å². The molecular weight excluding hydrogens is 208 g/mol. The molecule has 1 fully saturated rings. The van der Waals surface area contributed by atoms with Gasteiger partial charge in [-0.25, -0.2) is 0 Å². The van der Waals surface area contributed by atoms with E-state index in [-0.39, 0.29) is 18.0 Å². The Balaban J connectivity index is 1.93. The summed E-state index contributed by atoms with van der Waals surface area (Å²) in [5.41, 5.74) is 0. The first-order valence-electron chi connectivity index (χ1n) is 5.66. The Morgan fingerprint density at radius 1 is 1.62 bits per heavy atom. The van der Waals surface area contributed by atoms with Crippen LogP contribution in [-0.4, -0.2) is 22.6 Å². The molecular formula is C10H16N4O2. The lowest BCUT2D eigenvalue weighted by atomic mass is 10.2. The van der Waals surface area contributed by atoms with Crippen molar-refractivity contribution in [1.82, 2.24) is 15.5 Å². The minimum Gasteiger partial charge on any atom is -0.406 e. The van der Waals surface area contributed by atoms with E-state index in [1.807, 2.05) is 6.92 Å². The van der Waals surface area contributed by atoms with Gasteiger partial charge in [0.1, 0.15) is 0 Å². The standard InChI is InChI=1S/C10H16N4O2/c1-2-4-8(15)12-10-14-13-9(16-10)7-5-3-6-11-7/h7,11H,2-6H2,1H3,(H,12,14,15). The van der Waals surface area contributed by atoms with Crippen LogP contribution in [0.1, 0.15) is 44.5 Å². The molecule has 2 heterocycles. The molecule has 2 rings (SSSR count). The van der Waals surface area contributed by atoms with Gasteiger partial charge in [-0.05, 0) is 25.8 Å². The predicted molar refractivity (Wildman–Crippen MR) is 57.8 cm³/mol. The van der Waals surface area contributed by atoms with Gasteiger partial charge in [0.2, 0.25) is 11.8 Å². The molecule has 0 spiro atoms. The Morgan fingerprint density at radius 2 is 2.50 bits per heavy atom. The molecule has 0 aliphatic carbocycles. The number of anilines is 1. The van der Waals surface area contributed by atoms with Crippen molar-refractivity contribution in [3.8, 4) is 0 Å². The molecule has 1 unspecified atom stereocenters. The van der Waals surface area contributed by atoms with Crippen LogP contribution < -0.4 is 10.6 Å². The molecule has 1 amide bonds. The topological polar surface area (TPSA) is 80.0 Å². The summed E-state index contributed by atoms with van der Waals surface area (Å²) in [7, 11) is 0. The average Bonchev–Trinajstić information content (AvgIpc) is 2.86. The molecule has 0 radical (unpaired) electrons. The fourth-order valence-electron chi connectivity index (χ4n) is 1.73. The summed E-state index contributed by atoms with van der Waals surface area (Å²) in [6.45, 7) is 2.92. The van der Waals surface area contributed by atoms with Crippen LogP contribution in [0.3, 0.4) is 0 Å². The van der Waals surface area contributed by atoms with E-state index in [0.29, 0.717) is 12.3 Å². The molecule has 1 aromatic heterocycles. The van der Waals surface area contributed by atoms with Crippen molar-refractivity contribution in [2.75, 3.05) is 11.9 Å². The van der Waals surface area contributed by atoms with Crippen molar-refractivity contribution in [2.24, 2.45) is 0 Å². The number of carbonyl (C=O) groups is 1. The van der Waals surface area contributed by atoms with Gasteiger partial charge in [0.15, 0.2) is 0 Å². The Hall–Kier alpha value is -1.43. The zero-order valence-electron chi connectivity index (χ0n) is 9.32. The predicted octanol–water partition coefficient (Wildman–Crippen LogP) is 1.23. The maximum absolute atomic E-state index is 11.3. The second-order valence-corrected chi connectivity index (χ2v) is 3.89. The maximum atomic E-state index is 11.3. The van der Waals surface area contributed by atoms with Crippen molar-refractivity contribution >= 4 is 11.9 Å². The first-order valence-corrected chi connectivity index (χ1v) is 5.66. The molecule has 1 atom stereocenters. The van der Waals surface area contributed by atoms with Crippen LogP contribution in [0.15, 0.2) is 4.42 Å². The van der Waals surface area contributed by atoms with Crippen LogP contribution in [-0.2, 0) is 4.79 Å². The van der Waals surface area contributed by atoms with Crippen LogP contribution >= 0.6 is 0 Å². The Kier molecular flexibility index (Phi) is 3.51. The molecule has 88 valence electrons. The zero-order valence-corrected chi connectivity index (χ0v) is 9.32. The van der Waals surface area contributed by atoms with E-state index in [1.54, 1.807) is 0 Å². The van der Waals surface area contributed by atoms with Crippen molar-refractivity contribution in [1.29, 1.82) is 0 Å². The first kappa shape index (κ1) is 11.1. The van der Waals surface area contributed by atoms with Crippen molar-refractivity contribution < 1.29 is 9.21 Å². The van der Waals surface area contributed by atoms with Gasteiger partial charge in [-0.2, -0.15) is 0 Å². The molecule has 6 nitrogen and oxygen atoms in total. The molecule has 1 aliphatic rings. The highest BCUT2D eigenvalue weighted by Crippen LogP contribution is 2.22. The van der Waals surface area contributed by atoms with E-state index < -0.39 is 0 Å². The maximum Gasteiger partial charge on any atom is 0.322 e. The first-order chi connectivity index (χ1) is 7.79. The number of nitrogens with one attached hydrogen (secondary N) is 2. The fraction of sp³-hybridized carbons (Fsp3) is 0.700. The van der Waals surface area contributed by atoms with Gasteiger partial charge in [0.05, 0.1) is 6.04 Å². The Bertz CT molecular complexity index is 357. The smallest absolute Gasteiger partial charge is 0.322 e. The molecule has 0 bridgehead atoms. The summed E-state index contributed by atoms with van der Waals surface area (Å²) >= 11 is 0. The summed E-state index contributed by atoms with van der Waals surface area (Å²) in [6.07, 6.45) is 3.39. The second kappa shape index (κ2) is 5.07. The number of rotatable bonds is 4. The molecule has 6 heteroatoms. The van der Waals surface area contributed by atoms with Crippen LogP contribution in [0.2, 0.25) is 0 Å². The van der Waals surface area contributed by atoms with E-state index in [4.69, 9.17) is 4.42 Å². The van der Waals surface area contributed by atoms with E-state index in [1.165, 1.54) is 0 Å². The quantitative estimate of drug-likeness (QED) is 0.804. The van der Waals surface area contributed by atoms with Gasteiger partial charge in [-0.1, -0.05) is 12.0 Å². The summed E-state index contributed by atoms with van der Waals surface area (Å²) < 4.78 is 5.37. The number of hydrogen-bond donors (Lipinski definition) is 2. The summed E-state index contributed by atoms with van der Waals surface area (Å²) in [5.74, 6) is 0.473. The number of amides is 1. The molecule has 16 heavy (non-hydrogen) atoms. The minimum absolute atomic E-state index is 0.0860. The van der Waals surface area contributed by atoms with E-state index in [2.05, 4.69) is 20.8 Å².